The van der Waals surface area contributed by atoms with Crippen LogP contribution in [-0.4, -0.2) is 40.5 Å². The summed E-state index contributed by atoms with van der Waals surface area (Å²) in [5.74, 6) is 0.223. The minimum Gasteiger partial charge on any atom is -0.405 e. The number of fused-ring (bicyclic) bond motifs is 1. The first kappa shape index (κ1) is 23.7. The lowest BCUT2D eigenvalue weighted by Crippen LogP contribution is -2.67. The van der Waals surface area contributed by atoms with Crippen LogP contribution in [0.4, 0.5) is 0 Å². The van der Waals surface area contributed by atoms with E-state index in [0.29, 0.717) is 17.8 Å². The highest BCUT2D eigenvalue weighted by molar-refractivity contribution is 6.99. The van der Waals surface area contributed by atoms with E-state index in [1.165, 1.54) is 16.7 Å². The fourth-order valence-corrected chi connectivity index (χ4v) is 9.99. The van der Waals surface area contributed by atoms with Crippen molar-refractivity contribution >= 4 is 29.9 Å². The normalized spacial score (nSPS) is 21.0. The highest BCUT2D eigenvalue weighted by atomic mass is 28.4. The monoisotopic (exact) mass is 488 g/mol. The van der Waals surface area contributed by atoms with Crippen LogP contribution in [-0.2, 0) is 9.16 Å². The Balaban J connectivity index is 1.45. The molecule has 0 bridgehead atoms. The van der Waals surface area contributed by atoms with E-state index in [9.17, 15) is 4.79 Å². The van der Waals surface area contributed by atoms with Crippen LogP contribution in [0, 0.1) is 5.92 Å². The Labute approximate surface area is 206 Å². The lowest BCUT2D eigenvalue weighted by molar-refractivity contribution is -0.0266. The molecule has 0 amide bonds. The standard InChI is InChI=1S/C27H32N4O3Si/c1-19-15-20(34-26(19)31-18-30-23-24(31)28-17-29-25(23)32)16-33-35(27(2,3)4,21-11-7-5-8-12-21)22-13-9-6-10-14-22/h5-14,17-20,26H,15-16H2,1-4H3,(H,28,29,32)/t19-,20+,26-/m1/s1. The van der Waals surface area contributed by atoms with Crippen molar-refractivity contribution in [3.8, 4) is 0 Å². The summed E-state index contributed by atoms with van der Waals surface area (Å²) in [7, 11) is -2.64. The number of H-pyrrole nitrogens is 1. The summed E-state index contributed by atoms with van der Waals surface area (Å²) >= 11 is 0. The van der Waals surface area contributed by atoms with Crippen molar-refractivity contribution < 1.29 is 9.16 Å². The van der Waals surface area contributed by atoms with Crippen LogP contribution in [0.25, 0.3) is 11.2 Å². The quantitative estimate of drug-likeness (QED) is 0.419. The molecule has 0 spiro atoms. The summed E-state index contributed by atoms with van der Waals surface area (Å²) in [6.45, 7) is 9.49. The first-order chi connectivity index (χ1) is 16.8. The van der Waals surface area contributed by atoms with Crippen molar-refractivity contribution in [2.24, 2.45) is 5.92 Å². The molecule has 0 radical (unpaired) electrons. The molecule has 0 saturated carbocycles. The first-order valence-corrected chi connectivity index (χ1v) is 14.0. The van der Waals surface area contributed by atoms with Gasteiger partial charge < -0.3 is 14.1 Å². The molecule has 3 heterocycles. The van der Waals surface area contributed by atoms with Gasteiger partial charge in [-0.05, 0) is 21.8 Å². The van der Waals surface area contributed by atoms with Gasteiger partial charge in [0.05, 0.1) is 25.4 Å². The Hall–Kier alpha value is -3.07. The van der Waals surface area contributed by atoms with Gasteiger partial charge in [-0.25, -0.2) is 9.97 Å². The summed E-state index contributed by atoms with van der Waals surface area (Å²) in [4.78, 5) is 23.3. The third kappa shape index (κ3) is 4.15. The molecule has 1 fully saturated rings. The number of aromatic nitrogens is 4. The predicted molar refractivity (Wildman–Crippen MR) is 139 cm³/mol. The predicted octanol–water partition coefficient (Wildman–Crippen LogP) is 3.62. The minimum absolute atomic E-state index is 0.0731. The van der Waals surface area contributed by atoms with E-state index in [1.807, 2.05) is 4.57 Å². The van der Waals surface area contributed by atoms with Gasteiger partial charge in [-0.3, -0.25) is 9.36 Å². The van der Waals surface area contributed by atoms with Crippen LogP contribution in [0.1, 0.15) is 40.3 Å². The van der Waals surface area contributed by atoms with E-state index in [2.05, 4.69) is 103 Å². The number of hydrogen-bond acceptors (Lipinski definition) is 5. The molecule has 0 unspecified atom stereocenters. The van der Waals surface area contributed by atoms with E-state index in [1.54, 1.807) is 6.33 Å². The number of ether oxygens (including phenoxy) is 1. The Morgan fingerprint density at radius 3 is 2.29 bits per heavy atom. The minimum atomic E-state index is -2.64. The zero-order valence-corrected chi connectivity index (χ0v) is 21.6. The number of aromatic amines is 1. The van der Waals surface area contributed by atoms with E-state index < -0.39 is 8.32 Å². The number of nitrogens with zero attached hydrogens (tertiary/aromatic N) is 3. The van der Waals surface area contributed by atoms with Crippen LogP contribution >= 0.6 is 0 Å². The summed E-state index contributed by atoms with van der Waals surface area (Å²) in [6, 6.07) is 21.3. The molecule has 35 heavy (non-hydrogen) atoms. The lowest BCUT2D eigenvalue weighted by atomic mass is 10.1. The maximum atomic E-state index is 12.1. The molecule has 1 saturated heterocycles. The molecular weight excluding hydrogens is 456 g/mol. The van der Waals surface area contributed by atoms with E-state index in [0.717, 1.165) is 6.42 Å². The summed E-state index contributed by atoms with van der Waals surface area (Å²) < 4.78 is 15.5. The van der Waals surface area contributed by atoms with Crippen molar-refractivity contribution in [1.82, 2.24) is 19.5 Å². The average molecular weight is 489 g/mol. The maximum Gasteiger partial charge on any atom is 0.278 e. The number of imidazole rings is 1. The molecule has 4 aromatic rings. The fraction of sp³-hybridized carbons (Fsp3) is 0.370. The van der Waals surface area contributed by atoms with Crippen molar-refractivity contribution in [2.75, 3.05) is 6.61 Å². The van der Waals surface area contributed by atoms with Crippen molar-refractivity contribution in [1.29, 1.82) is 0 Å². The number of rotatable bonds is 6. The molecule has 1 aliphatic rings. The molecule has 0 aliphatic carbocycles. The van der Waals surface area contributed by atoms with Gasteiger partial charge >= 0.3 is 0 Å². The van der Waals surface area contributed by atoms with E-state index in [-0.39, 0.29) is 28.8 Å². The Bertz CT molecular complexity index is 1310. The second-order valence-electron chi connectivity index (χ2n) is 10.4. The molecule has 5 rings (SSSR count). The topological polar surface area (TPSA) is 82.0 Å². The average Bonchev–Trinajstić information content (AvgIpc) is 3.44. The van der Waals surface area contributed by atoms with Crippen molar-refractivity contribution in [2.45, 2.75) is 51.5 Å². The van der Waals surface area contributed by atoms with Gasteiger partial charge in [0.1, 0.15) is 6.23 Å². The SMILES string of the molecule is C[C@@H]1C[C@@H](CO[Si](c2ccccc2)(c2ccccc2)C(C)(C)C)O[C@H]1n1cnc2c(=O)[nH]cnc21. The first-order valence-electron chi connectivity index (χ1n) is 12.1. The second-order valence-corrected chi connectivity index (χ2v) is 14.7. The molecular formula is C27H32N4O3Si. The van der Waals surface area contributed by atoms with Gasteiger partial charge in [0.25, 0.3) is 13.9 Å². The summed E-state index contributed by atoms with van der Waals surface area (Å²) in [6.07, 6.45) is 3.59. The van der Waals surface area contributed by atoms with Gasteiger partial charge in [-0.1, -0.05) is 88.4 Å². The van der Waals surface area contributed by atoms with Gasteiger partial charge in [0, 0.05) is 5.92 Å². The van der Waals surface area contributed by atoms with Crippen LogP contribution in [0.2, 0.25) is 5.04 Å². The molecule has 1 aliphatic heterocycles. The molecule has 3 atom stereocenters. The van der Waals surface area contributed by atoms with Crippen LogP contribution in [0.15, 0.2) is 78.1 Å². The van der Waals surface area contributed by atoms with E-state index in [4.69, 9.17) is 9.16 Å². The molecule has 8 heteroatoms. The molecule has 7 nitrogen and oxygen atoms in total. The summed E-state index contributed by atoms with van der Waals surface area (Å²) in [5.41, 5.74) is 0.625. The maximum absolute atomic E-state index is 12.1. The van der Waals surface area contributed by atoms with Crippen LogP contribution < -0.4 is 15.9 Å². The van der Waals surface area contributed by atoms with Crippen LogP contribution in [0.3, 0.4) is 0 Å². The largest absolute Gasteiger partial charge is 0.405 e. The Morgan fingerprint density at radius 1 is 1.06 bits per heavy atom. The van der Waals surface area contributed by atoms with Gasteiger partial charge in [0.15, 0.2) is 11.2 Å². The number of benzene rings is 2. The van der Waals surface area contributed by atoms with Crippen molar-refractivity contribution in [3.63, 3.8) is 0 Å². The Morgan fingerprint density at radius 2 is 1.69 bits per heavy atom. The zero-order chi connectivity index (χ0) is 24.6. The van der Waals surface area contributed by atoms with Gasteiger partial charge in [-0.2, -0.15) is 0 Å². The smallest absolute Gasteiger partial charge is 0.278 e. The second kappa shape index (κ2) is 9.18. The summed E-state index contributed by atoms with van der Waals surface area (Å²) in [5, 5.41) is 2.42. The molecule has 1 N–H and O–H groups in total. The Kier molecular flexibility index (Phi) is 6.21. The third-order valence-electron chi connectivity index (χ3n) is 7.00. The van der Waals surface area contributed by atoms with Gasteiger partial charge in [0.2, 0.25) is 0 Å². The van der Waals surface area contributed by atoms with Crippen molar-refractivity contribution in [3.05, 3.63) is 83.7 Å². The highest BCUT2D eigenvalue weighted by Gasteiger charge is 2.51. The fourth-order valence-electron chi connectivity index (χ4n) is 5.39. The number of nitrogens with one attached hydrogen (secondary N) is 1. The third-order valence-corrected chi connectivity index (χ3v) is 12.0. The van der Waals surface area contributed by atoms with Crippen LogP contribution in [0.5, 0.6) is 0 Å². The number of hydrogen-bond donors (Lipinski definition) is 1. The molecule has 2 aromatic carbocycles. The zero-order valence-electron chi connectivity index (χ0n) is 20.6. The highest BCUT2D eigenvalue weighted by Crippen LogP contribution is 2.39. The lowest BCUT2D eigenvalue weighted by Gasteiger charge is -2.43. The molecule has 182 valence electrons. The van der Waals surface area contributed by atoms with Gasteiger partial charge in [-0.15, -0.1) is 0 Å². The van der Waals surface area contributed by atoms with E-state index >= 15 is 0 Å². The molecule has 2 aromatic heterocycles.